The molecule has 4 rings (SSSR count). The summed E-state index contributed by atoms with van der Waals surface area (Å²) >= 11 is 0. The van der Waals surface area contributed by atoms with Crippen molar-refractivity contribution in [3.05, 3.63) is 52.5 Å². The van der Waals surface area contributed by atoms with Gasteiger partial charge in [0.05, 0.1) is 5.71 Å². The van der Waals surface area contributed by atoms with E-state index in [1.54, 1.807) is 0 Å². The largest absolute Gasteiger partial charge is 0.455 e. The monoisotopic (exact) mass is 366 g/mol. The van der Waals surface area contributed by atoms with Gasteiger partial charge in [0.15, 0.2) is 5.76 Å². The zero-order valence-electron chi connectivity index (χ0n) is 15.4. The number of nitrogens with two attached hydrogens (primary N) is 1. The molecule has 0 fully saturated rings. The van der Waals surface area contributed by atoms with E-state index in [1.807, 2.05) is 36.9 Å². The fraction of sp³-hybridized carbons (Fsp3) is 0.350. The fourth-order valence-electron chi connectivity index (χ4n) is 4.09. The molecule has 1 aliphatic carbocycles. The van der Waals surface area contributed by atoms with Crippen LogP contribution < -0.4 is 16.1 Å². The van der Waals surface area contributed by atoms with E-state index < -0.39 is 6.03 Å². The molecule has 3 amide bonds. The first-order chi connectivity index (χ1) is 13.0. The number of nitrogens with zero attached hydrogens (tertiary/aromatic N) is 2. The van der Waals surface area contributed by atoms with Crippen molar-refractivity contribution in [1.82, 2.24) is 5.43 Å². The molecule has 27 heavy (non-hydrogen) atoms. The van der Waals surface area contributed by atoms with Crippen molar-refractivity contribution in [3.63, 3.8) is 0 Å². The number of hydrogen-bond acceptors (Lipinski definition) is 4. The molecule has 0 saturated carbocycles. The number of rotatable bonds is 2. The number of aryl methyl sites for hydroxylation is 1. The Morgan fingerprint density at radius 2 is 2.07 bits per heavy atom. The molecule has 0 saturated heterocycles. The number of nitrogens with one attached hydrogen (secondary N) is 1. The van der Waals surface area contributed by atoms with Crippen LogP contribution in [0.2, 0.25) is 0 Å². The van der Waals surface area contributed by atoms with Crippen LogP contribution in [-0.4, -0.2) is 23.7 Å². The van der Waals surface area contributed by atoms with Gasteiger partial charge >= 0.3 is 6.03 Å². The predicted molar refractivity (Wildman–Crippen MR) is 102 cm³/mol. The van der Waals surface area contributed by atoms with Crippen LogP contribution in [0.15, 0.2) is 33.8 Å². The van der Waals surface area contributed by atoms with E-state index >= 15 is 0 Å². The number of furan rings is 1. The molecule has 3 N–H and O–H groups in total. The molecular weight excluding hydrogens is 344 g/mol. The van der Waals surface area contributed by atoms with E-state index in [2.05, 4.69) is 16.6 Å². The number of fused-ring (bicyclic) bond motifs is 2. The van der Waals surface area contributed by atoms with E-state index in [0.29, 0.717) is 17.9 Å². The number of amides is 3. The van der Waals surface area contributed by atoms with Gasteiger partial charge in [-0.15, -0.1) is 0 Å². The average molecular weight is 366 g/mol. The van der Waals surface area contributed by atoms with Crippen molar-refractivity contribution in [3.8, 4) is 0 Å². The molecule has 1 unspecified atom stereocenters. The molecular formula is C20H22N4O3. The Bertz CT molecular complexity index is 960. The van der Waals surface area contributed by atoms with Gasteiger partial charge in [0.2, 0.25) is 0 Å². The summed E-state index contributed by atoms with van der Waals surface area (Å²) in [5.74, 6) is 0.950. The number of hydrazone groups is 1. The highest BCUT2D eigenvalue weighted by Crippen LogP contribution is 2.36. The summed E-state index contributed by atoms with van der Waals surface area (Å²) in [4.78, 5) is 26.1. The van der Waals surface area contributed by atoms with Crippen LogP contribution in [0.4, 0.5) is 10.5 Å². The minimum Gasteiger partial charge on any atom is -0.455 e. The second-order valence-corrected chi connectivity index (χ2v) is 7.10. The molecule has 2 heterocycles. The van der Waals surface area contributed by atoms with Gasteiger partial charge in [0.25, 0.3) is 5.91 Å². The molecule has 0 radical (unpaired) electrons. The smallest absolute Gasteiger partial charge is 0.332 e. The first-order valence-electron chi connectivity index (χ1n) is 9.13. The van der Waals surface area contributed by atoms with E-state index in [4.69, 9.17) is 10.2 Å². The predicted octanol–water partition coefficient (Wildman–Crippen LogP) is 2.89. The molecule has 0 bridgehead atoms. The summed E-state index contributed by atoms with van der Waals surface area (Å²) in [6, 6.07) is 7.32. The van der Waals surface area contributed by atoms with Crippen LogP contribution >= 0.6 is 0 Å². The summed E-state index contributed by atoms with van der Waals surface area (Å²) in [5.41, 5.74) is 11.8. The van der Waals surface area contributed by atoms with Gasteiger partial charge < -0.3 is 15.1 Å². The molecule has 2 aromatic rings. The van der Waals surface area contributed by atoms with Crippen molar-refractivity contribution in [2.75, 3.05) is 4.90 Å². The van der Waals surface area contributed by atoms with Crippen LogP contribution in [0, 0.1) is 6.92 Å². The minimum atomic E-state index is -0.713. The molecule has 2 aliphatic rings. The van der Waals surface area contributed by atoms with Gasteiger partial charge in [0, 0.05) is 29.3 Å². The molecule has 0 spiro atoms. The lowest BCUT2D eigenvalue weighted by Crippen LogP contribution is -2.35. The maximum absolute atomic E-state index is 13.3. The molecule has 140 valence electrons. The second kappa shape index (κ2) is 6.57. The third-order valence-corrected chi connectivity index (χ3v) is 5.25. The lowest BCUT2D eigenvalue weighted by molar-refractivity contribution is 0.0952. The summed E-state index contributed by atoms with van der Waals surface area (Å²) in [5, 5.41) is 4.11. The Morgan fingerprint density at radius 3 is 2.85 bits per heavy atom. The van der Waals surface area contributed by atoms with Crippen molar-refractivity contribution in [2.24, 2.45) is 10.8 Å². The Kier molecular flexibility index (Phi) is 4.22. The highest BCUT2D eigenvalue weighted by atomic mass is 16.4. The molecule has 1 aromatic carbocycles. The number of urea groups is 1. The second-order valence-electron chi connectivity index (χ2n) is 7.10. The van der Waals surface area contributed by atoms with Crippen LogP contribution in [0.1, 0.15) is 52.8 Å². The average Bonchev–Trinajstić information content (AvgIpc) is 3.16. The van der Waals surface area contributed by atoms with Gasteiger partial charge in [-0.3, -0.25) is 4.79 Å². The number of para-hydroxylation sites is 1. The summed E-state index contributed by atoms with van der Waals surface area (Å²) < 4.78 is 6.00. The van der Waals surface area contributed by atoms with E-state index in [1.165, 1.54) is 5.56 Å². The van der Waals surface area contributed by atoms with Crippen molar-refractivity contribution in [2.45, 2.75) is 45.6 Å². The van der Waals surface area contributed by atoms with Crippen molar-refractivity contribution >= 4 is 23.3 Å². The van der Waals surface area contributed by atoms with Crippen molar-refractivity contribution in [1.29, 1.82) is 0 Å². The number of anilines is 1. The maximum Gasteiger partial charge on any atom is 0.332 e. The van der Waals surface area contributed by atoms with Crippen LogP contribution in [0.5, 0.6) is 0 Å². The number of carbonyl (C=O) groups excluding carboxylic acids is 2. The van der Waals surface area contributed by atoms with Crippen LogP contribution in [0.25, 0.3) is 0 Å². The molecule has 1 aromatic heterocycles. The minimum absolute atomic E-state index is 0.0705. The van der Waals surface area contributed by atoms with Crippen LogP contribution in [-0.2, 0) is 12.8 Å². The van der Waals surface area contributed by atoms with Gasteiger partial charge in [-0.05, 0) is 44.7 Å². The molecule has 7 heteroatoms. The number of hydrogen-bond donors (Lipinski definition) is 2. The Labute approximate surface area is 157 Å². The molecule has 7 nitrogen and oxygen atoms in total. The van der Waals surface area contributed by atoms with Gasteiger partial charge in [-0.25, -0.2) is 10.2 Å². The molecule has 1 atom stereocenters. The zero-order valence-corrected chi connectivity index (χ0v) is 15.4. The third kappa shape index (κ3) is 2.89. The Hall–Kier alpha value is -3.09. The first kappa shape index (κ1) is 17.3. The highest BCUT2D eigenvalue weighted by molar-refractivity contribution is 6.11. The SMILES string of the molecule is Cc1c(C(=O)N2c3ccccc3CC2C)oc2c1/C(=N/NC(N)=O)CCC2. The summed E-state index contributed by atoms with van der Waals surface area (Å²) in [7, 11) is 0. The lowest BCUT2D eigenvalue weighted by atomic mass is 9.93. The normalized spacial score (nSPS) is 19.7. The third-order valence-electron chi connectivity index (χ3n) is 5.25. The molecule has 1 aliphatic heterocycles. The standard InChI is InChI=1S/C20H22N4O3/c1-11-10-13-6-3-4-8-15(13)24(11)19(25)18-12(2)17-14(22-23-20(21)26)7-5-9-16(17)27-18/h3-4,6,8,11H,5,7,9-10H2,1-2H3,(H3,21,23,26)/b22-14+. The van der Waals surface area contributed by atoms with Crippen LogP contribution in [0.3, 0.4) is 0 Å². The number of primary amides is 1. The fourth-order valence-corrected chi connectivity index (χ4v) is 4.09. The van der Waals surface area contributed by atoms with Gasteiger partial charge in [-0.2, -0.15) is 5.10 Å². The Morgan fingerprint density at radius 1 is 1.30 bits per heavy atom. The topological polar surface area (TPSA) is 101 Å². The quantitative estimate of drug-likeness (QED) is 0.799. The summed E-state index contributed by atoms with van der Waals surface area (Å²) in [6.07, 6.45) is 3.11. The zero-order chi connectivity index (χ0) is 19.1. The highest BCUT2D eigenvalue weighted by Gasteiger charge is 2.36. The number of carbonyl (C=O) groups is 2. The maximum atomic E-state index is 13.3. The first-order valence-corrected chi connectivity index (χ1v) is 9.13. The number of benzene rings is 1. The van der Waals surface area contributed by atoms with E-state index in [0.717, 1.165) is 41.8 Å². The van der Waals surface area contributed by atoms with Crippen molar-refractivity contribution < 1.29 is 14.0 Å². The summed E-state index contributed by atoms with van der Waals surface area (Å²) in [6.45, 7) is 3.91. The lowest BCUT2D eigenvalue weighted by Gasteiger charge is -2.21. The van der Waals surface area contributed by atoms with Gasteiger partial charge in [-0.1, -0.05) is 18.2 Å². The Balaban J connectivity index is 1.73. The van der Waals surface area contributed by atoms with Gasteiger partial charge in [0.1, 0.15) is 5.76 Å². The van der Waals surface area contributed by atoms with E-state index in [9.17, 15) is 9.59 Å². The van der Waals surface area contributed by atoms with E-state index in [-0.39, 0.29) is 11.9 Å².